The second-order valence-electron chi connectivity index (χ2n) is 5.96. The summed E-state index contributed by atoms with van der Waals surface area (Å²) < 4.78 is 0. The zero-order valence-corrected chi connectivity index (χ0v) is 12.6. The summed E-state index contributed by atoms with van der Waals surface area (Å²) in [6.45, 7) is 3.55. The van der Waals surface area contributed by atoms with Gasteiger partial charge in [0.1, 0.15) is 0 Å². The average molecular weight is 275 g/mol. The van der Waals surface area contributed by atoms with Gasteiger partial charge in [0.2, 0.25) is 5.91 Å². The van der Waals surface area contributed by atoms with Crippen LogP contribution in [0, 0.1) is 0 Å². The molecule has 1 aliphatic heterocycles. The Balaban J connectivity index is 1.98. The fraction of sp³-hybridized carbons (Fsp3) is 0.562. The summed E-state index contributed by atoms with van der Waals surface area (Å²) in [6.07, 6.45) is 1.98. The van der Waals surface area contributed by atoms with E-state index in [0.717, 1.165) is 19.4 Å². The number of nitrogens with one attached hydrogen (secondary N) is 2. The number of nitrogens with zero attached hydrogens (tertiary/aromatic N) is 1. The Morgan fingerprint density at radius 3 is 2.65 bits per heavy atom. The lowest BCUT2D eigenvalue weighted by Crippen LogP contribution is -2.52. The van der Waals surface area contributed by atoms with E-state index in [9.17, 15) is 4.79 Å². The topological polar surface area (TPSA) is 44.4 Å². The van der Waals surface area contributed by atoms with Gasteiger partial charge in [0.15, 0.2) is 0 Å². The highest BCUT2D eigenvalue weighted by Crippen LogP contribution is 2.20. The van der Waals surface area contributed by atoms with Crippen molar-refractivity contribution in [1.82, 2.24) is 15.5 Å². The van der Waals surface area contributed by atoms with Crippen molar-refractivity contribution in [2.75, 3.05) is 27.2 Å². The summed E-state index contributed by atoms with van der Waals surface area (Å²) in [4.78, 5) is 14.5. The number of hydrogen-bond donors (Lipinski definition) is 2. The Labute approximate surface area is 121 Å². The van der Waals surface area contributed by atoms with Gasteiger partial charge >= 0.3 is 0 Å². The van der Waals surface area contributed by atoms with E-state index >= 15 is 0 Å². The third-order valence-corrected chi connectivity index (χ3v) is 4.13. The molecule has 2 rings (SSSR count). The van der Waals surface area contributed by atoms with Crippen LogP contribution in [-0.2, 0) is 4.79 Å². The summed E-state index contributed by atoms with van der Waals surface area (Å²) in [5.74, 6) is 0.109. The van der Waals surface area contributed by atoms with Gasteiger partial charge in [0.05, 0.1) is 11.6 Å². The van der Waals surface area contributed by atoms with Gasteiger partial charge in [-0.05, 0) is 46.0 Å². The lowest BCUT2D eigenvalue weighted by atomic mass is 9.98. The molecular weight excluding hydrogens is 250 g/mol. The van der Waals surface area contributed by atoms with Crippen molar-refractivity contribution >= 4 is 5.91 Å². The molecule has 1 aromatic carbocycles. The maximum atomic E-state index is 12.3. The first-order valence-electron chi connectivity index (χ1n) is 7.28. The Morgan fingerprint density at radius 1 is 1.40 bits per heavy atom. The summed E-state index contributed by atoms with van der Waals surface area (Å²) >= 11 is 0. The number of likely N-dealkylation sites (N-methyl/N-ethyl adjacent to an activating group) is 1. The lowest BCUT2D eigenvalue weighted by Gasteiger charge is -2.28. The number of amides is 1. The van der Waals surface area contributed by atoms with Crippen LogP contribution in [0.4, 0.5) is 0 Å². The van der Waals surface area contributed by atoms with Crippen LogP contribution >= 0.6 is 0 Å². The zero-order chi connectivity index (χ0) is 14.6. The standard InChI is InChI=1S/C16H25N3O/c1-16(10-7-11-18-16)15(20)17-12-14(19(2)3)13-8-5-4-6-9-13/h4-6,8-9,14,18H,7,10-12H2,1-3H3,(H,17,20). The first-order chi connectivity index (χ1) is 9.53. The highest BCUT2D eigenvalue weighted by atomic mass is 16.2. The molecule has 0 radical (unpaired) electrons. The van der Waals surface area contributed by atoms with Crippen molar-refractivity contribution in [2.24, 2.45) is 0 Å². The molecule has 1 aromatic rings. The molecule has 4 heteroatoms. The average Bonchev–Trinajstić information content (AvgIpc) is 2.88. The molecule has 110 valence electrons. The smallest absolute Gasteiger partial charge is 0.240 e. The van der Waals surface area contributed by atoms with Crippen molar-refractivity contribution < 1.29 is 4.79 Å². The van der Waals surface area contributed by atoms with Crippen LogP contribution < -0.4 is 10.6 Å². The molecule has 1 fully saturated rings. The molecule has 1 amide bonds. The Morgan fingerprint density at radius 2 is 2.10 bits per heavy atom. The highest BCUT2D eigenvalue weighted by molar-refractivity contribution is 5.86. The SMILES string of the molecule is CN(C)C(CNC(=O)C1(C)CCCN1)c1ccccc1. The van der Waals surface area contributed by atoms with Crippen molar-refractivity contribution in [3.8, 4) is 0 Å². The highest BCUT2D eigenvalue weighted by Gasteiger charge is 2.35. The van der Waals surface area contributed by atoms with E-state index in [2.05, 4.69) is 27.7 Å². The predicted octanol–water partition coefficient (Wildman–Crippen LogP) is 1.55. The fourth-order valence-electron chi connectivity index (χ4n) is 2.75. The van der Waals surface area contributed by atoms with E-state index in [1.807, 2.05) is 39.2 Å². The molecule has 1 aliphatic rings. The Bertz CT molecular complexity index is 438. The summed E-state index contributed by atoms with van der Waals surface area (Å²) in [6, 6.07) is 10.5. The van der Waals surface area contributed by atoms with Gasteiger partial charge in [-0.3, -0.25) is 4.79 Å². The van der Waals surface area contributed by atoms with E-state index in [0.29, 0.717) is 6.54 Å². The van der Waals surface area contributed by atoms with E-state index in [1.54, 1.807) is 0 Å². The lowest BCUT2D eigenvalue weighted by molar-refractivity contribution is -0.126. The van der Waals surface area contributed by atoms with E-state index in [1.165, 1.54) is 5.56 Å². The van der Waals surface area contributed by atoms with Crippen molar-refractivity contribution in [2.45, 2.75) is 31.3 Å². The molecule has 0 saturated carbocycles. The number of rotatable bonds is 5. The maximum absolute atomic E-state index is 12.3. The summed E-state index contributed by atoms with van der Waals surface area (Å²) in [5, 5.41) is 6.40. The number of carbonyl (C=O) groups excluding carboxylic acids is 1. The van der Waals surface area contributed by atoms with Gasteiger partial charge in [0, 0.05) is 6.54 Å². The second-order valence-corrected chi connectivity index (χ2v) is 5.96. The Hall–Kier alpha value is -1.39. The first-order valence-corrected chi connectivity index (χ1v) is 7.28. The molecule has 20 heavy (non-hydrogen) atoms. The number of carbonyl (C=O) groups is 1. The van der Waals surface area contributed by atoms with E-state index in [-0.39, 0.29) is 11.9 Å². The minimum Gasteiger partial charge on any atom is -0.353 e. The Kier molecular flexibility index (Phi) is 4.78. The van der Waals surface area contributed by atoms with Crippen LogP contribution in [0.15, 0.2) is 30.3 Å². The fourth-order valence-corrected chi connectivity index (χ4v) is 2.75. The third-order valence-electron chi connectivity index (χ3n) is 4.13. The summed E-state index contributed by atoms with van der Waals surface area (Å²) in [5.41, 5.74) is 0.829. The molecule has 2 N–H and O–H groups in total. The van der Waals surface area contributed by atoms with Gasteiger partial charge < -0.3 is 15.5 Å². The van der Waals surface area contributed by atoms with Crippen LogP contribution in [0.3, 0.4) is 0 Å². The second kappa shape index (κ2) is 6.37. The van der Waals surface area contributed by atoms with Crippen LogP contribution in [0.2, 0.25) is 0 Å². The minimum absolute atomic E-state index is 0.109. The molecule has 4 nitrogen and oxygen atoms in total. The van der Waals surface area contributed by atoms with E-state index < -0.39 is 5.54 Å². The molecule has 2 atom stereocenters. The van der Waals surface area contributed by atoms with Gasteiger partial charge in [0.25, 0.3) is 0 Å². The normalized spacial score (nSPS) is 23.8. The van der Waals surface area contributed by atoms with Gasteiger partial charge in [-0.15, -0.1) is 0 Å². The van der Waals surface area contributed by atoms with Gasteiger partial charge in [-0.2, -0.15) is 0 Å². The van der Waals surface area contributed by atoms with Crippen molar-refractivity contribution in [1.29, 1.82) is 0 Å². The largest absolute Gasteiger partial charge is 0.353 e. The van der Waals surface area contributed by atoms with Gasteiger partial charge in [-0.25, -0.2) is 0 Å². The molecule has 0 aliphatic carbocycles. The molecule has 1 saturated heterocycles. The van der Waals surface area contributed by atoms with Crippen molar-refractivity contribution in [3.05, 3.63) is 35.9 Å². The van der Waals surface area contributed by atoms with Crippen LogP contribution in [0.5, 0.6) is 0 Å². The summed E-state index contributed by atoms with van der Waals surface area (Å²) in [7, 11) is 4.08. The molecular formula is C16H25N3O. The van der Waals surface area contributed by atoms with Crippen LogP contribution in [-0.4, -0.2) is 43.5 Å². The first kappa shape index (κ1) is 15.0. The monoisotopic (exact) mass is 275 g/mol. The van der Waals surface area contributed by atoms with Crippen LogP contribution in [0.1, 0.15) is 31.4 Å². The maximum Gasteiger partial charge on any atom is 0.240 e. The predicted molar refractivity (Wildman–Crippen MR) is 81.5 cm³/mol. The van der Waals surface area contributed by atoms with Crippen molar-refractivity contribution in [3.63, 3.8) is 0 Å². The third kappa shape index (κ3) is 3.38. The molecule has 0 spiro atoms. The zero-order valence-electron chi connectivity index (χ0n) is 12.6. The quantitative estimate of drug-likeness (QED) is 0.857. The molecule has 0 aromatic heterocycles. The minimum atomic E-state index is -0.395. The number of hydrogen-bond acceptors (Lipinski definition) is 3. The molecule has 2 unspecified atom stereocenters. The number of benzene rings is 1. The van der Waals surface area contributed by atoms with Gasteiger partial charge in [-0.1, -0.05) is 30.3 Å². The van der Waals surface area contributed by atoms with Crippen LogP contribution in [0.25, 0.3) is 0 Å². The molecule has 0 bridgehead atoms. The van der Waals surface area contributed by atoms with E-state index in [4.69, 9.17) is 0 Å². The molecule has 1 heterocycles.